The number of hydrogen-bond acceptors (Lipinski definition) is 5. The maximum Gasteiger partial charge on any atom is 0.283 e. The van der Waals surface area contributed by atoms with E-state index in [-0.39, 0.29) is 16.5 Å². The van der Waals surface area contributed by atoms with Crippen LogP contribution in [-0.4, -0.2) is 22.8 Å². The van der Waals surface area contributed by atoms with Gasteiger partial charge in [0, 0.05) is 23.0 Å². The van der Waals surface area contributed by atoms with Crippen molar-refractivity contribution in [2.75, 3.05) is 15.5 Å². The Balaban J connectivity index is 1.56. The third-order valence-electron chi connectivity index (χ3n) is 5.13. The minimum Gasteiger partial charge on any atom is -0.508 e. The normalized spacial score (nSPS) is 13.5. The van der Waals surface area contributed by atoms with Gasteiger partial charge < -0.3 is 15.7 Å². The summed E-state index contributed by atoms with van der Waals surface area (Å²) < 4.78 is 0. The lowest BCUT2D eigenvalue weighted by Crippen LogP contribution is -2.33. The van der Waals surface area contributed by atoms with E-state index in [4.69, 9.17) is 11.6 Å². The first kappa shape index (κ1) is 22.1. The van der Waals surface area contributed by atoms with E-state index in [0.717, 1.165) is 16.0 Å². The largest absolute Gasteiger partial charge is 0.508 e. The summed E-state index contributed by atoms with van der Waals surface area (Å²) in [5.41, 5.74) is 3.23. The Morgan fingerprint density at radius 2 is 1.64 bits per heavy atom. The summed E-state index contributed by atoms with van der Waals surface area (Å²) >= 11 is 6.24. The number of phenols is 1. The summed E-state index contributed by atoms with van der Waals surface area (Å²) in [6.45, 7) is 3.68. The molecule has 0 fully saturated rings. The average Bonchev–Trinajstić information content (AvgIpc) is 2.99. The SMILES string of the molecule is Cc1ccc(C)c(N2C(=O)C(Cl)=C(Nc3cccc(C(=O)Nc4cccc(O)c4)c3)C2=O)c1. The van der Waals surface area contributed by atoms with Crippen LogP contribution in [0.2, 0.25) is 0 Å². The van der Waals surface area contributed by atoms with Crippen LogP contribution in [0, 0.1) is 13.8 Å². The second-order valence-electron chi connectivity index (χ2n) is 7.63. The van der Waals surface area contributed by atoms with Crippen molar-refractivity contribution in [3.8, 4) is 5.75 Å². The summed E-state index contributed by atoms with van der Waals surface area (Å²) in [6.07, 6.45) is 0. The number of anilines is 3. The van der Waals surface area contributed by atoms with Crippen LogP contribution in [0.3, 0.4) is 0 Å². The molecule has 166 valence electrons. The number of imide groups is 1. The van der Waals surface area contributed by atoms with Gasteiger partial charge >= 0.3 is 0 Å². The van der Waals surface area contributed by atoms with Crippen molar-refractivity contribution in [3.05, 3.63) is 94.1 Å². The average molecular weight is 462 g/mol. The van der Waals surface area contributed by atoms with Crippen LogP contribution in [0.1, 0.15) is 21.5 Å². The predicted octanol–water partition coefficient (Wildman–Crippen LogP) is 4.70. The summed E-state index contributed by atoms with van der Waals surface area (Å²) in [5.74, 6) is -1.57. The molecule has 0 radical (unpaired) electrons. The van der Waals surface area contributed by atoms with Crippen LogP contribution in [0.25, 0.3) is 0 Å². The number of phenolic OH excluding ortho intramolecular Hbond substituents is 1. The van der Waals surface area contributed by atoms with Gasteiger partial charge in [0.25, 0.3) is 17.7 Å². The van der Waals surface area contributed by atoms with E-state index in [9.17, 15) is 19.5 Å². The molecule has 3 aromatic rings. The Hall–Kier alpha value is -4.10. The van der Waals surface area contributed by atoms with Gasteiger partial charge in [-0.2, -0.15) is 0 Å². The molecule has 0 aromatic heterocycles. The monoisotopic (exact) mass is 461 g/mol. The van der Waals surface area contributed by atoms with Crippen molar-refractivity contribution in [1.82, 2.24) is 0 Å². The first-order chi connectivity index (χ1) is 15.7. The topological polar surface area (TPSA) is 98.7 Å². The maximum atomic E-state index is 13.1. The van der Waals surface area contributed by atoms with Gasteiger partial charge in [-0.3, -0.25) is 14.4 Å². The smallest absolute Gasteiger partial charge is 0.283 e. The molecule has 0 saturated carbocycles. The van der Waals surface area contributed by atoms with E-state index in [2.05, 4.69) is 10.6 Å². The number of carbonyl (C=O) groups excluding carboxylic acids is 3. The quantitative estimate of drug-likeness (QED) is 0.478. The molecular formula is C25H20ClN3O4. The molecule has 3 aromatic carbocycles. The van der Waals surface area contributed by atoms with Gasteiger partial charge in [-0.05, 0) is 61.4 Å². The van der Waals surface area contributed by atoms with Gasteiger partial charge in [-0.1, -0.05) is 35.9 Å². The standard InChI is InChI=1S/C25H20ClN3O4/c1-14-9-10-15(2)20(11-14)29-24(32)21(26)22(25(29)33)27-17-6-3-5-16(12-17)23(31)28-18-7-4-8-19(30)13-18/h3-13,27,30H,1-2H3,(H,28,31). The summed E-state index contributed by atoms with van der Waals surface area (Å²) in [7, 11) is 0. The number of aryl methyl sites for hydroxylation is 2. The van der Waals surface area contributed by atoms with Crippen molar-refractivity contribution >= 4 is 46.4 Å². The highest BCUT2D eigenvalue weighted by Gasteiger charge is 2.39. The van der Waals surface area contributed by atoms with Crippen molar-refractivity contribution in [2.24, 2.45) is 0 Å². The molecular weight excluding hydrogens is 442 g/mol. The van der Waals surface area contributed by atoms with Gasteiger partial charge in [0.2, 0.25) is 0 Å². The number of rotatable bonds is 5. The van der Waals surface area contributed by atoms with Crippen molar-refractivity contribution < 1.29 is 19.5 Å². The fourth-order valence-electron chi connectivity index (χ4n) is 3.46. The Morgan fingerprint density at radius 3 is 2.39 bits per heavy atom. The highest BCUT2D eigenvalue weighted by molar-refractivity contribution is 6.53. The fourth-order valence-corrected chi connectivity index (χ4v) is 3.67. The molecule has 3 N–H and O–H groups in total. The zero-order valence-corrected chi connectivity index (χ0v) is 18.6. The molecule has 1 aliphatic heterocycles. The van der Waals surface area contributed by atoms with Crippen molar-refractivity contribution in [2.45, 2.75) is 13.8 Å². The first-order valence-corrected chi connectivity index (χ1v) is 10.5. The Labute approximate surface area is 195 Å². The molecule has 7 nitrogen and oxygen atoms in total. The molecule has 0 spiro atoms. The molecule has 0 unspecified atom stereocenters. The maximum absolute atomic E-state index is 13.1. The lowest BCUT2D eigenvalue weighted by Gasteiger charge is -2.18. The molecule has 0 aliphatic carbocycles. The molecule has 0 saturated heterocycles. The Bertz CT molecular complexity index is 1330. The fraction of sp³-hybridized carbons (Fsp3) is 0.0800. The summed E-state index contributed by atoms with van der Waals surface area (Å²) in [6, 6.07) is 18.1. The van der Waals surface area contributed by atoms with E-state index in [1.807, 2.05) is 26.0 Å². The molecule has 1 aliphatic rings. The van der Waals surface area contributed by atoms with Crippen LogP contribution in [-0.2, 0) is 9.59 Å². The molecule has 0 atom stereocenters. The van der Waals surface area contributed by atoms with Gasteiger partial charge in [-0.25, -0.2) is 4.90 Å². The number of nitrogens with zero attached hydrogens (tertiary/aromatic N) is 1. The molecule has 33 heavy (non-hydrogen) atoms. The van der Waals surface area contributed by atoms with E-state index in [1.54, 1.807) is 36.4 Å². The zero-order valence-electron chi connectivity index (χ0n) is 17.8. The van der Waals surface area contributed by atoms with Crippen LogP contribution in [0.5, 0.6) is 5.75 Å². The Morgan fingerprint density at radius 1 is 0.909 bits per heavy atom. The highest BCUT2D eigenvalue weighted by atomic mass is 35.5. The molecule has 1 heterocycles. The van der Waals surface area contributed by atoms with Crippen LogP contribution < -0.4 is 15.5 Å². The van der Waals surface area contributed by atoms with Gasteiger partial charge in [0.05, 0.1) is 5.69 Å². The lowest BCUT2D eigenvalue weighted by molar-refractivity contribution is -0.120. The molecule has 4 rings (SSSR count). The van der Waals surface area contributed by atoms with Gasteiger partial charge in [0.15, 0.2) is 0 Å². The molecule has 8 heteroatoms. The van der Waals surface area contributed by atoms with Gasteiger partial charge in [-0.15, -0.1) is 0 Å². The Kier molecular flexibility index (Phi) is 5.89. The van der Waals surface area contributed by atoms with Crippen molar-refractivity contribution in [3.63, 3.8) is 0 Å². The van der Waals surface area contributed by atoms with Crippen molar-refractivity contribution in [1.29, 1.82) is 0 Å². The highest BCUT2D eigenvalue weighted by Crippen LogP contribution is 2.32. The number of aromatic hydroxyl groups is 1. The van der Waals surface area contributed by atoms with E-state index < -0.39 is 17.7 Å². The number of benzene rings is 3. The summed E-state index contributed by atoms with van der Waals surface area (Å²) in [5, 5.41) is 14.9. The summed E-state index contributed by atoms with van der Waals surface area (Å²) in [4.78, 5) is 39.5. The third-order valence-corrected chi connectivity index (χ3v) is 5.48. The van der Waals surface area contributed by atoms with E-state index in [1.165, 1.54) is 18.2 Å². The van der Waals surface area contributed by atoms with Crippen LogP contribution in [0.4, 0.5) is 17.1 Å². The predicted molar refractivity (Wildman–Crippen MR) is 127 cm³/mol. The number of hydrogen-bond donors (Lipinski definition) is 3. The minimum atomic E-state index is -0.615. The number of carbonyl (C=O) groups is 3. The van der Waals surface area contributed by atoms with Crippen LogP contribution in [0.15, 0.2) is 77.5 Å². The van der Waals surface area contributed by atoms with E-state index in [0.29, 0.717) is 22.6 Å². The number of amides is 3. The third kappa shape index (κ3) is 4.44. The lowest BCUT2D eigenvalue weighted by atomic mass is 10.1. The van der Waals surface area contributed by atoms with E-state index >= 15 is 0 Å². The minimum absolute atomic E-state index is 0.0302. The van der Waals surface area contributed by atoms with Gasteiger partial charge in [0.1, 0.15) is 16.5 Å². The van der Waals surface area contributed by atoms with Crippen LogP contribution >= 0.6 is 11.6 Å². The molecule has 3 amide bonds. The zero-order chi connectivity index (χ0) is 23.7. The second kappa shape index (κ2) is 8.80. The first-order valence-electron chi connectivity index (χ1n) is 10.1. The number of nitrogens with one attached hydrogen (secondary N) is 2. The second-order valence-corrected chi connectivity index (χ2v) is 8.01. The molecule has 0 bridgehead atoms. The number of halogens is 1.